The third-order valence-electron chi connectivity index (χ3n) is 4.06. The number of rotatable bonds is 4. The lowest BCUT2D eigenvalue weighted by atomic mass is 10.2. The van der Waals surface area contributed by atoms with Crippen LogP contribution in [0, 0.1) is 5.82 Å². The molecule has 118 valence electrons. The molecule has 0 atom stereocenters. The highest BCUT2D eigenvalue weighted by Crippen LogP contribution is 2.22. The summed E-state index contributed by atoms with van der Waals surface area (Å²) in [6.07, 6.45) is 4.23. The van der Waals surface area contributed by atoms with Crippen LogP contribution < -0.4 is 0 Å². The molecule has 3 aromatic rings. The summed E-state index contributed by atoms with van der Waals surface area (Å²) in [5.41, 5.74) is 2.07. The van der Waals surface area contributed by atoms with Crippen LogP contribution >= 0.6 is 0 Å². The van der Waals surface area contributed by atoms with Crippen LogP contribution in [-0.2, 0) is 13.5 Å². The van der Waals surface area contributed by atoms with E-state index in [4.69, 9.17) is 0 Å². The van der Waals surface area contributed by atoms with Crippen LogP contribution in [0.2, 0.25) is 0 Å². The van der Waals surface area contributed by atoms with E-state index in [1.54, 1.807) is 48.1 Å². The van der Waals surface area contributed by atoms with Crippen LogP contribution in [0.3, 0.4) is 0 Å². The van der Waals surface area contributed by atoms with E-state index in [0.717, 1.165) is 17.4 Å². The van der Waals surface area contributed by atoms with Gasteiger partial charge in [0.05, 0.1) is 5.52 Å². The van der Waals surface area contributed by atoms with Crippen molar-refractivity contribution in [3.05, 3.63) is 65.9 Å². The van der Waals surface area contributed by atoms with E-state index in [1.807, 2.05) is 18.2 Å². The maximum absolute atomic E-state index is 13.9. The number of halogens is 1. The van der Waals surface area contributed by atoms with Gasteiger partial charge in [0.1, 0.15) is 11.5 Å². The lowest BCUT2D eigenvalue weighted by Crippen LogP contribution is -2.30. The second-order valence-corrected chi connectivity index (χ2v) is 5.60. The number of pyridine rings is 1. The second-order valence-electron chi connectivity index (χ2n) is 5.60. The lowest BCUT2D eigenvalue weighted by Gasteiger charge is -2.17. The zero-order valence-electron chi connectivity index (χ0n) is 13.2. The van der Waals surface area contributed by atoms with Crippen LogP contribution in [0.25, 0.3) is 10.9 Å². The van der Waals surface area contributed by atoms with Gasteiger partial charge >= 0.3 is 0 Å². The fourth-order valence-corrected chi connectivity index (χ4v) is 2.72. The lowest BCUT2D eigenvalue weighted by molar-refractivity contribution is 0.0787. The fourth-order valence-electron chi connectivity index (χ4n) is 2.72. The minimum atomic E-state index is -0.316. The third-order valence-corrected chi connectivity index (χ3v) is 4.06. The molecule has 0 aliphatic heterocycles. The molecule has 4 nitrogen and oxygen atoms in total. The number of aromatic nitrogens is 2. The number of likely N-dealkylation sites (N-methyl/N-ethyl adjacent to an activating group) is 1. The number of benzene rings is 1. The van der Waals surface area contributed by atoms with Gasteiger partial charge in [0, 0.05) is 38.4 Å². The molecule has 0 aliphatic rings. The number of hydrogen-bond acceptors (Lipinski definition) is 2. The van der Waals surface area contributed by atoms with Crippen molar-refractivity contribution in [1.82, 2.24) is 14.5 Å². The molecule has 0 spiro atoms. The Morgan fingerprint density at radius 1 is 1.26 bits per heavy atom. The molecule has 2 heterocycles. The highest BCUT2D eigenvalue weighted by Gasteiger charge is 2.18. The molecule has 23 heavy (non-hydrogen) atoms. The van der Waals surface area contributed by atoms with Gasteiger partial charge < -0.3 is 9.47 Å². The third kappa shape index (κ3) is 2.95. The molecule has 0 radical (unpaired) electrons. The van der Waals surface area contributed by atoms with Crippen molar-refractivity contribution in [1.29, 1.82) is 0 Å². The molecule has 0 saturated heterocycles. The van der Waals surface area contributed by atoms with Gasteiger partial charge in [0.25, 0.3) is 5.91 Å². The molecule has 0 fully saturated rings. The first kappa shape index (κ1) is 15.2. The number of hydrogen-bond donors (Lipinski definition) is 0. The van der Waals surface area contributed by atoms with E-state index in [0.29, 0.717) is 17.8 Å². The topological polar surface area (TPSA) is 38.1 Å². The minimum Gasteiger partial charge on any atom is -0.340 e. The largest absolute Gasteiger partial charge is 0.340 e. The Balaban J connectivity index is 1.80. The molecule has 3 rings (SSSR count). The summed E-state index contributed by atoms with van der Waals surface area (Å²) in [6, 6.07) is 10.5. The molecule has 0 bridgehead atoms. The number of para-hydroxylation sites is 1. The van der Waals surface area contributed by atoms with Gasteiger partial charge in [-0.3, -0.25) is 9.78 Å². The van der Waals surface area contributed by atoms with Crippen molar-refractivity contribution in [3.63, 3.8) is 0 Å². The van der Waals surface area contributed by atoms with Crippen molar-refractivity contribution in [2.24, 2.45) is 7.05 Å². The van der Waals surface area contributed by atoms with Crippen LogP contribution in [0.15, 0.2) is 48.8 Å². The molecule has 0 N–H and O–H groups in total. The molecule has 2 aromatic heterocycles. The molecule has 0 aliphatic carbocycles. The molecular formula is C18H18FN3O. The Hall–Kier alpha value is -2.69. The van der Waals surface area contributed by atoms with Crippen LogP contribution in [0.1, 0.15) is 16.1 Å². The zero-order chi connectivity index (χ0) is 16.4. The summed E-state index contributed by atoms with van der Waals surface area (Å²) < 4.78 is 15.6. The number of amides is 1. The average Bonchev–Trinajstić information content (AvgIpc) is 2.91. The standard InChI is InChI=1S/C18H18FN3O/c1-21(11-8-13-6-9-20-10-7-13)18(23)16-12-14-4-3-5-15(19)17(14)22(16)2/h3-7,9-10,12H,8,11H2,1-2H3. The van der Waals surface area contributed by atoms with E-state index in [1.165, 1.54) is 6.07 Å². The smallest absolute Gasteiger partial charge is 0.270 e. The number of aryl methyl sites for hydroxylation is 1. The highest BCUT2D eigenvalue weighted by atomic mass is 19.1. The van der Waals surface area contributed by atoms with Gasteiger partial charge in [-0.2, -0.15) is 0 Å². The van der Waals surface area contributed by atoms with E-state index in [2.05, 4.69) is 4.98 Å². The van der Waals surface area contributed by atoms with Crippen molar-refractivity contribution >= 4 is 16.8 Å². The molecule has 1 aromatic carbocycles. The first-order valence-electron chi connectivity index (χ1n) is 7.46. The Kier molecular flexibility index (Phi) is 4.10. The van der Waals surface area contributed by atoms with Gasteiger partial charge in [-0.05, 0) is 36.2 Å². The summed E-state index contributed by atoms with van der Waals surface area (Å²) in [4.78, 5) is 18.3. The highest BCUT2D eigenvalue weighted by molar-refractivity contribution is 5.98. The SMILES string of the molecule is CN(CCc1ccncc1)C(=O)c1cc2cccc(F)c2n1C. The first-order valence-corrected chi connectivity index (χ1v) is 7.46. The molecule has 0 unspecified atom stereocenters. The number of fused-ring (bicyclic) bond motifs is 1. The van der Waals surface area contributed by atoms with Crippen LogP contribution in [-0.4, -0.2) is 34.0 Å². The minimum absolute atomic E-state index is 0.114. The van der Waals surface area contributed by atoms with Crippen molar-refractivity contribution in [3.8, 4) is 0 Å². The van der Waals surface area contributed by atoms with Crippen LogP contribution in [0.4, 0.5) is 4.39 Å². The molecule has 1 amide bonds. The quantitative estimate of drug-likeness (QED) is 0.743. The summed E-state index contributed by atoms with van der Waals surface area (Å²) in [5.74, 6) is -0.430. The Labute approximate surface area is 134 Å². The Morgan fingerprint density at radius 3 is 2.70 bits per heavy atom. The maximum atomic E-state index is 13.9. The number of carbonyl (C=O) groups excluding carboxylic acids is 1. The van der Waals surface area contributed by atoms with Gasteiger partial charge in [-0.15, -0.1) is 0 Å². The summed E-state index contributed by atoms with van der Waals surface area (Å²) in [7, 11) is 3.48. The predicted molar refractivity (Wildman–Crippen MR) is 87.8 cm³/mol. The number of carbonyl (C=O) groups is 1. The van der Waals surface area contributed by atoms with Crippen LogP contribution in [0.5, 0.6) is 0 Å². The molecule has 0 saturated carbocycles. The Bertz CT molecular complexity index is 842. The number of nitrogens with zero attached hydrogens (tertiary/aromatic N) is 3. The van der Waals surface area contributed by atoms with Crippen molar-refractivity contribution in [2.45, 2.75) is 6.42 Å². The van der Waals surface area contributed by atoms with Crippen molar-refractivity contribution in [2.75, 3.05) is 13.6 Å². The molecule has 5 heteroatoms. The summed E-state index contributed by atoms with van der Waals surface area (Å²) in [5, 5.41) is 0.735. The molecular weight excluding hydrogens is 293 g/mol. The predicted octanol–water partition coefficient (Wildman–Crippen LogP) is 3.03. The average molecular weight is 311 g/mol. The second kappa shape index (κ2) is 6.20. The maximum Gasteiger partial charge on any atom is 0.270 e. The van der Waals surface area contributed by atoms with Gasteiger partial charge in [-0.1, -0.05) is 12.1 Å². The first-order chi connectivity index (χ1) is 11.1. The van der Waals surface area contributed by atoms with Gasteiger partial charge in [-0.25, -0.2) is 4.39 Å². The monoisotopic (exact) mass is 311 g/mol. The normalized spacial score (nSPS) is 10.9. The van der Waals surface area contributed by atoms with Gasteiger partial charge in [0.2, 0.25) is 0 Å². The van der Waals surface area contributed by atoms with Crippen molar-refractivity contribution < 1.29 is 9.18 Å². The van der Waals surface area contributed by atoms with E-state index < -0.39 is 0 Å². The van der Waals surface area contributed by atoms with Gasteiger partial charge in [0.15, 0.2) is 0 Å². The van der Waals surface area contributed by atoms with E-state index in [9.17, 15) is 9.18 Å². The summed E-state index contributed by atoms with van der Waals surface area (Å²) >= 11 is 0. The Morgan fingerprint density at radius 2 is 2.00 bits per heavy atom. The van der Waals surface area contributed by atoms with E-state index in [-0.39, 0.29) is 11.7 Å². The zero-order valence-corrected chi connectivity index (χ0v) is 13.2. The summed E-state index contributed by atoms with van der Waals surface area (Å²) in [6.45, 7) is 0.590. The fraction of sp³-hybridized carbons (Fsp3) is 0.222. The van der Waals surface area contributed by atoms with E-state index >= 15 is 0 Å².